The van der Waals surface area contributed by atoms with Crippen LogP contribution in [0.3, 0.4) is 0 Å². The van der Waals surface area contributed by atoms with Crippen LogP contribution < -0.4 is 11.5 Å². The summed E-state index contributed by atoms with van der Waals surface area (Å²) >= 11 is 6.73. The second-order valence-corrected chi connectivity index (χ2v) is 6.34. The number of halogens is 2. The third-order valence-corrected chi connectivity index (χ3v) is 4.20. The summed E-state index contributed by atoms with van der Waals surface area (Å²) in [6.07, 6.45) is 0. The van der Waals surface area contributed by atoms with Gasteiger partial charge in [-0.15, -0.1) is 0 Å². The number of benzene rings is 2. The van der Waals surface area contributed by atoms with Gasteiger partial charge in [0.15, 0.2) is 0 Å². The Kier molecular flexibility index (Phi) is 4.90. The molecule has 0 bridgehead atoms. The lowest BCUT2D eigenvalue weighted by molar-refractivity contribution is 0.0474. The van der Waals surface area contributed by atoms with Crippen LogP contribution in [0.15, 0.2) is 39.3 Å². The second-order valence-electron chi connectivity index (χ2n) is 4.57. The standard InChI is InChI=1S/C15H14Br2N2O2/c1-8-3-2-4-11(13(8)18)15(20)21-7-9-5-10(16)6-12(17)14(9)19/h2-6H,7,18-19H2,1H3. The van der Waals surface area contributed by atoms with Crippen molar-refractivity contribution in [2.45, 2.75) is 13.5 Å². The van der Waals surface area contributed by atoms with E-state index in [2.05, 4.69) is 31.9 Å². The smallest absolute Gasteiger partial charge is 0.340 e. The minimum Gasteiger partial charge on any atom is -0.457 e. The van der Waals surface area contributed by atoms with E-state index in [1.165, 1.54) is 0 Å². The summed E-state index contributed by atoms with van der Waals surface area (Å²) in [5.41, 5.74) is 14.7. The van der Waals surface area contributed by atoms with Gasteiger partial charge in [-0.05, 0) is 46.6 Å². The number of rotatable bonds is 3. The fourth-order valence-electron chi connectivity index (χ4n) is 1.84. The number of esters is 1. The first-order chi connectivity index (χ1) is 9.90. The van der Waals surface area contributed by atoms with E-state index in [1.54, 1.807) is 12.1 Å². The summed E-state index contributed by atoms with van der Waals surface area (Å²) in [5.74, 6) is -0.466. The molecule has 0 radical (unpaired) electrons. The lowest BCUT2D eigenvalue weighted by Gasteiger charge is -2.11. The number of hydrogen-bond acceptors (Lipinski definition) is 4. The molecule has 4 N–H and O–H groups in total. The lowest BCUT2D eigenvalue weighted by atomic mass is 10.1. The number of nitrogen functional groups attached to an aromatic ring is 2. The molecule has 0 fully saturated rings. The molecule has 21 heavy (non-hydrogen) atoms. The molecule has 0 unspecified atom stereocenters. The van der Waals surface area contributed by atoms with E-state index in [0.29, 0.717) is 16.9 Å². The number of carbonyl (C=O) groups is 1. The molecule has 0 saturated carbocycles. The normalized spacial score (nSPS) is 10.4. The van der Waals surface area contributed by atoms with E-state index in [9.17, 15) is 4.79 Å². The summed E-state index contributed by atoms with van der Waals surface area (Å²) < 4.78 is 6.90. The van der Waals surface area contributed by atoms with Crippen LogP contribution in [0.4, 0.5) is 11.4 Å². The van der Waals surface area contributed by atoms with Gasteiger partial charge in [0.1, 0.15) is 6.61 Å². The molecule has 0 atom stereocenters. The summed E-state index contributed by atoms with van der Waals surface area (Å²) in [6, 6.07) is 8.90. The molecule has 0 saturated heterocycles. The Balaban J connectivity index is 2.17. The van der Waals surface area contributed by atoms with E-state index in [1.807, 2.05) is 25.1 Å². The van der Waals surface area contributed by atoms with E-state index in [0.717, 1.165) is 20.1 Å². The van der Waals surface area contributed by atoms with Crippen molar-refractivity contribution in [3.05, 3.63) is 56.0 Å². The van der Waals surface area contributed by atoms with Gasteiger partial charge in [-0.1, -0.05) is 28.1 Å². The Hall–Kier alpha value is -1.53. The number of aryl methyl sites for hydroxylation is 1. The summed E-state index contributed by atoms with van der Waals surface area (Å²) in [6.45, 7) is 1.92. The maximum Gasteiger partial charge on any atom is 0.340 e. The van der Waals surface area contributed by atoms with Crippen molar-refractivity contribution in [3.8, 4) is 0 Å². The topological polar surface area (TPSA) is 78.3 Å². The van der Waals surface area contributed by atoms with Gasteiger partial charge in [-0.2, -0.15) is 0 Å². The minimum atomic E-state index is -0.466. The number of nitrogens with two attached hydrogens (primary N) is 2. The molecule has 2 aromatic rings. The average molecular weight is 414 g/mol. The molecular weight excluding hydrogens is 400 g/mol. The maximum absolute atomic E-state index is 12.1. The Morgan fingerprint density at radius 1 is 1.19 bits per heavy atom. The fraction of sp³-hybridized carbons (Fsp3) is 0.133. The predicted octanol–water partition coefficient (Wildman–Crippen LogP) is 4.04. The summed E-state index contributed by atoms with van der Waals surface area (Å²) in [4.78, 5) is 12.1. The first-order valence-electron chi connectivity index (χ1n) is 6.15. The molecule has 0 heterocycles. The predicted molar refractivity (Wildman–Crippen MR) is 91.0 cm³/mol. The fourth-order valence-corrected chi connectivity index (χ4v) is 3.15. The zero-order chi connectivity index (χ0) is 15.6. The van der Waals surface area contributed by atoms with Gasteiger partial charge >= 0.3 is 5.97 Å². The van der Waals surface area contributed by atoms with Gasteiger partial charge in [-0.25, -0.2) is 4.79 Å². The van der Waals surface area contributed by atoms with Crippen molar-refractivity contribution in [2.24, 2.45) is 0 Å². The van der Waals surface area contributed by atoms with Crippen LogP contribution in [0.25, 0.3) is 0 Å². The van der Waals surface area contributed by atoms with Gasteiger partial charge in [0.25, 0.3) is 0 Å². The first-order valence-corrected chi connectivity index (χ1v) is 7.74. The molecule has 2 aromatic carbocycles. The molecule has 4 nitrogen and oxygen atoms in total. The van der Waals surface area contributed by atoms with Crippen LogP contribution in [-0.2, 0) is 11.3 Å². The number of carbonyl (C=O) groups excluding carboxylic acids is 1. The number of para-hydroxylation sites is 1. The summed E-state index contributed by atoms with van der Waals surface area (Å²) in [5, 5.41) is 0. The molecular formula is C15H14Br2N2O2. The Morgan fingerprint density at radius 3 is 2.62 bits per heavy atom. The van der Waals surface area contributed by atoms with Crippen LogP contribution in [-0.4, -0.2) is 5.97 Å². The molecule has 0 aliphatic rings. The van der Waals surface area contributed by atoms with Crippen molar-refractivity contribution in [1.29, 1.82) is 0 Å². The van der Waals surface area contributed by atoms with Gasteiger partial charge < -0.3 is 16.2 Å². The van der Waals surface area contributed by atoms with E-state index in [-0.39, 0.29) is 6.61 Å². The van der Waals surface area contributed by atoms with Crippen LogP contribution in [0.1, 0.15) is 21.5 Å². The molecule has 2 rings (SSSR count). The highest BCUT2D eigenvalue weighted by Crippen LogP contribution is 2.29. The molecule has 6 heteroatoms. The van der Waals surface area contributed by atoms with Crippen LogP contribution >= 0.6 is 31.9 Å². The van der Waals surface area contributed by atoms with Gasteiger partial charge in [0.05, 0.1) is 11.3 Å². The van der Waals surface area contributed by atoms with Gasteiger partial charge in [-0.3, -0.25) is 0 Å². The van der Waals surface area contributed by atoms with Crippen molar-refractivity contribution < 1.29 is 9.53 Å². The molecule has 0 amide bonds. The van der Waals surface area contributed by atoms with Crippen molar-refractivity contribution >= 4 is 49.2 Å². The van der Waals surface area contributed by atoms with Gasteiger partial charge in [0, 0.05) is 20.2 Å². The molecule has 0 aliphatic heterocycles. The van der Waals surface area contributed by atoms with E-state index in [4.69, 9.17) is 16.2 Å². The highest BCUT2D eigenvalue weighted by atomic mass is 79.9. The second kappa shape index (κ2) is 6.49. The quantitative estimate of drug-likeness (QED) is 0.587. The monoisotopic (exact) mass is 412 g/mol. The zero-order valence-corrected chi connectivity index (χ0v) is 14.5. The highest BCUT2D eigenvalue weighted by Gasteiger charge is 2.14. The van der Waals surface area contributed by atoms with Crippen LogP contribution in [0.5, 0.6) is 0 Å². The molecule has 0 aromatic heterocycles. The zero-order valence-electron chi connectivity index (χ0n) is 11.3. The average Bonchev–Trinajstić information content (AvgIpc) is 2.43. The molecule has 0 aliphatic carbocycles. The largest absolute Gasteiger partial charge is 0.457 e. The Bertz CT molecular complexity index is 702. The molecule has 0 spiro atoms. The van der Waals surface area contributed by atoms with Crippen molar-refractivity contribution in [3.63, 3.8) is 0 Å². The molecule has 110 valence electrons. The number of hydrogen-bond donors (Lipinski definition) is 2. The van der Waals surface area contributed by atoms with Gasteiger partial charge in [0.2, 0.25) is 0 Å². The van der Waals surface area contributed by atoms with E-state index >= 15 is 0 Å². The summed E-state index contributed by atoms with van der Waals surface area (Å²) in [7, 11) is 0. The van der Waals surface area contributed by atoms with Crippen LogP contribution in [0.2, 0.25) is 0 Å². The van der Waals surface area contributed by atoms with Crippen molar-refractivity contribution in [1.82, 2.24) is 0 Å². The van der Waals surface area contributed by atoms with Crippen molar-refractivity contribution in [2.75, 3.05) is 11.5 Å². The van der Waals surface area contributed by atoms with E-state index < -0.39 is 5.97 Å². The number of ether oxygens (including phenoxy) is 1. The third-order valence-electron chi connectivity index (χ3n) is 3.08. The number of anilines is 2. The lowest BCUT2D eigenvalue weighted by Crippen LogP contribution is -2.10. The Morgan fingerprint density at radius 2 is 1.90 bits per heavy atom. The highest BCUT2D eigenvalue weighted by molar-refractivity contribution is 9.11. The SMILES string of the molecule is Cc1cccc(C(=O)OCc2cc(Br)cc(Br)c2N)c1N. The first kappa shape index (κ1) is 15.9. The minimum absolute atomic E-state index is 0.0795. The van der Waals surface area contributed by atoms with Crippen LogP contribution in [0, 0.1) is 6.92 Å². The maximum atomic E-state index is 12.1. The third kappa shape index (κ3) is 3.57. The Labute approximate surface area is 139 Å².